The van der Waals surface area contributed by atoms with Crippen molar-refractivity contribution in [3.63, 3.8) is 0 Å². The smallest absolute Gasteiger partial charge is 0.366 e. The number of nitrogens with two attached hydrogens (primary N) is 1. The van der Waals surface area contributed by atoms with E-state index >= 15 is 0 Å². The predicted molar refractivity (Wildman–Crippen MR) is 78.5 cm³/mol. The molecule has 1 rings (SSSR count). The van der Waals surface area contributed by atoms with E-state index in [9.17, 15) is 18.0 Å². The second kappa shape index (κ2) is 8.26. The van der Waals surface area contributed by atoms with Crippen LogP contribution in [0, 0.1) is 0 Å². The molecule has 8 heteroatoms. The van der Waals surface area contributed by atoms with E-state index in [0.29, 0.717) is 12.1 Å². The van der Waals surface area contributed by atoms with E-state index in [0.717, 1.165) is 5.56 Å². The topological polar surface area (TPSA) is 79.5 Å². The summed E-state index contributed by atoms with van der Waals surface area (Å²) in [6.07, 6.45) is -5.14. The van der Waals surface area contributed by atoms with Crippen LogP contribution in [0.2, 0.25) is 0 Å². The van der Waals surface area contributed by atoms with Crippen molar-refractivity contribution >= 4 is 11.9 Å². The third-order valence-electron chi connectivity index (χ3n) is 2.68. The lowest BCUT2D eigenvalue weighted by atomic mass is 10.1. The second-order valence-electron chi connectivity index (χ2n) is 4.55. The van der Waals surface area contributed by atoms with Crippen molar-refractivity contribution in [2.24, 2.45) is 10.7 Å². The molecule has 0 atom stereocenters. The minimum Gasteiger partial charge on any atom is -0.366 e. The monoisotopic (exact) mass is 316 g/mol. The molecule has 0 heterocycles. The molecule has 5 nitrogen and oxygen atoms in total. The van der Waals surface area contributed by atoms with Gasteiger partial charge in [-0.15, -0.1) is 0 Å². The molecule has 0 radical (unpaired) electrons. The van der Waals surface area contributed by atoms with Gasteiger partial charge in [-0.1, -0.05) is 12.1 Å². The number of halogens is 3. The van der Waals surface area contributed by atoms with Gasteiger partial charge in [-0.05, 0) is 24.6 Å². The van der Waals surface area contributed by atoms with Gasteiger partial charge >= 0.3 is 6.18 Å². The fraction of sp³-hybridized carbons (Fsp3) is 0.429. The predicted octanol–water partition coefficient (Wildman–Crippen LogP) is 1.79. The summed E-state index contributed by atoms with van der Waals surface area (Å²) in [4.78, 5) is 15.3. The zero-order valence-electron chi connectivity index (χ0n) is 12.2. The Bertz CT molecular complexity index is 529. The highest BCUT2D eigenvalue weighted by molar-refractivity contribution is 5.92. The molecule has 0 fully saturated rings. The van der Waals surface area contributed by atoms with Crippen molar-refractivity contribution in [2.45, 2.75) is 26.1 Å². The van der Waals surface area contributed by atoms with Gasteiger partial charge in [0.25, 0.3) is 0 Å². The van der Waals surface area contributed by atoms with Crippen LogP contribution >= 0.6 is 0 Å². The van der Waals surface area contributed by atoms with Crippen LogP contribution in [0.3, 0.4) is 0 Å². The van der Waals surface area contributed by atoms with Crippen molar-refractivity contribution < 1.29 is 18.0 Å². The molecule has 4 N–H and O–H groups in total. The lowest BCUT2D eigenvalue weighted by molar-refractivity contribution is -0.132. The first-order valence-corrected chi connectivity index (χ1v) is 6.79. The average molecular weight is 316 g/mol. The molecule has 0 saturated carbocycles. The Morgan fingerprint density at radius 1 is 1.32 bits per heavy atom. The van der Waals surface area contributed by atoms with Gasteiger partial charge in [-0.2, -0.15) is 13.2 Å². The van der Waals surface area contributed by atoms with Crippen LogP contribution in [-0.4, -0.2) is 31.1 Å². The number of benzene rings is 1. The van der Waals surface area contributed by atoms with E-state index in [4.69, 9.17) is 5.73 Å². The van der Waals surface area contributed by atoms with Crippen LogP contribution in [0.5, 0.6) is 0 Å². The molecule has 1 aromatic rings. The van der Waals surface area contributed by atoms with Crippen molar-refractivity contribution in [1.29, 1.82) is 0 Å². The standard InChI is InChI=1S/C14H19F3N4O/c1-2-19-13(20-7-6-14(15,16)17)21-9-10-4-3-5-11(8-10)12(18)22/h3-5,8H,2,6-7,9H2,1H3,(H2,18,22)(H2,19,20,21). The number of nitrogens with zero attached hydrogens (tertiary/aromatic N) is 1. The van der Waals surface area contributed by atoms with Crippen LogP contribution in [-0.2, 0) is 6.54 Å². The van der Waals surface area contributed by atoms with Crippen LogP contribution in [0.1, 0.15) is 29.3 Å². The van der Waals surface area contributed by atoms with Gasteiger partial charge in [-0.25, -0.2) is 4.99 Å². The zero-order valence-corrected chi connectivity index (χ0v) is 12.2. The maximum absolute atomic E-state index is 12.1. The third-order valence-corrected chi connectivity index (χ3v) is 2.68. The second-order valence-corrected chi connectivity index (χ2v) is 4.55. The number of nitrogens with one attached hydrogen (secondary N) is 2. The first-order valence-electron chi connectivity index (χ1n) is 6.79. The number of amides is 1. The number of carbonyl (C=O) groups excluding carboxylic acids is 1. The van der Waals surface area contributed by atoms with Crippen molar-refractivity contribution in [1.82, 2.24) is 10.6 Å². The van der Waals surface area contributed by atoms with Gasteiger partial charge < -0.3 is 16.4 Å². The minimum absolute atomic E-state index is 0.225. The molecule has 1 aromatic carbocycles. The third kappa shape index (κ3) is 6.96. The lowest BCUT2D eigenvalue weighted by Gasteiger charge is -2.12. The van der Waals surface area contributed by atoms with Gasteiger partial charge in [0.15, 0.2) is 5.96 Å². The number of alkyl halides is 3. The maximum Gasteiger partial charge on any atom is 0.390 e. The van der Waals surface area contributed by atoms with Crippen molar-refractivity contribution in [3.05, 3.63) is 35.4 Å². The Morgan fingerprint density at radius 2 is 2.05 bits per heavy atom. The number of rotatable bonds is 6. The number of hydrogen-bond donors (Lipinski definition) is 3. The van der Waals surface area contributed by atoms with Gasteiger partial charge in [0.2, 0.25) is 5.91 Å². The average Bonchev–Trinajstić information content (AvgIpc) is 2.43. The van der Waals surface area contributed by atoms with Crippen LogP contribution in [0.25, 0.3) is 0 Å². The van der Waals surface area contributed by atoms with Crippen molar-refractivity contribution in [3.8, 4) is 0 Å². The van der Waals surface area contributed by atoms with Crippen molar-refractivity contribution in [2.75, 3.05) is 13.1 Å². The molecule has 122 valence electrons. The summed E-state index contributed by atoms with van der Waals surface area (Å²) in [5.41, 5.74) is 6.29. The van der Waals surface area contributed by atoms with Gasteiger partial charge in [-0.3, -0.25) is 4.79 Å². The highest BCUT2D eigenvalue weighted by atomic mass is 19.4. The highest BCUT2D eigenvalue weighted by Crippen LogP contribution is 2.18. The Morgan fingerprint density at radius 3 is 2.64 bits per heavy atom. The van der Waals surface area contributed by atoms with E-state index in [2.05, 4.69) is 15.6 Å². The minimum atomic E-state index is -4.21. The summed E-state index contributed by atoms with van der Waals surface area (Å²) < 4.78 is 36.4. The summed E-state index contributed by atoms with van der Waals surface area (Å²) >= 11 is 0. The normalized spacial score (nSPS) is 12.1. The molecule has 0 spiro atoms. The number of primary amides is 1. The van der Waals surface area contributed by atoms with E-state index in [1.165, 1.54) is 0 Å². The van der Waals surface area contributed by atoms with E-state index < -0.39 is 18.5 Å². The molecule has 0 aliphatic carbocycles. The summed E-state index contributed by atoms with van der Waals surface area (Å²) in [6, 6.07) is 6.62. The summed E-state index contributed by atoms with van der Waals surface area (Å²) in [7, 11) is 0. The lowest BCUT2D eigenvalue weighted by Crippen LogP contribution is -2.38. The molecule has 0 saturated heterocycles. The molecule has 0 aliphatic heterocycles. The number of hydrogen-bond acceptors (Lipinski definition) is 2. The fourth-order valence-electron chi connectivity index (χ4n) is 1.66. The van der Waals surface area contributed by atoms with Gasteiger partial charge in [0, 0.05) is 18.7 Å². The van der Waals surface area contributed by atoms with Crippen LogP contribution in [0.4, 0.5) is 13.2 Å². The molecule has 0 unspecified atom stereocenters. The Hall–Kier alpha value is -2.25. The van der Waals surface area contributed by atoms with E-state index in [1.54, 1.807) is 24.3 Å². The van der Waals surface area contributed by atoms with Gasteiger partial charge in [0.05, 0.1) is 13.0 Å². The summed E-state index contributed by atoms with van der Waals surface area (Å²) in [5, 5.41) is 5.47. The Balaban J connectivity index is 2.65. The zero-order chi connectivity index (χ0) is 16.6. The molecule has 1 amide bonds. The molecule has 0 aliphatic rings. The molecule has 22 heavy (non-hydrogen) atoms. The number of aliphatic imine (C=N–C) groups is 1. The molecular weight excluding hydrogens is 297 g/mol. The van der Waals surface area contributed by atoms with Crippen LogP contribution < -0.4 is 16.4 Å². The summed E-state index contributed by atoms with van der Waals surface area (Å²) in [6.45, 7) is 2.31. The Kier molecular flexibility index (Phi) is 6.68. The largest absolute Gasteiger partial charge is 0.390 e. The number of carbonyl (C=O) groups is 1. The molecule has 0 bridgehead atoms. The number of guanidine groups is 1. The van der Waals surface area contributed by atoms with Crippen LogP contribution in [0.15, 0.2) is 29.3 Å². The molecule has 0 aromatic heterocycles. The maximum atomic E-state index is 12.1. The fourth-order valence-corrected chi connectivity index (χ4v) is 1.66. The van der Waals surface area contributed by atoms with Gasteiger partial charge in [0.1, 0.15) is 0 Å². The SMILES string of the molecule is CCNC(=NCc1cccc(C(N)=O)c1)NCCC(F)(F)F. The molecular formula is C14H19F3N4O. The first-order chi connectivity index (χ1) is 10.3. The first kappa shape index (κ1) is 17.8. The highest BCUT2D eigenvalue weighted by Gasteiger charge is 2.26. The van der Waals surface area contributed by atoms with E-state index in [1.807, 2.05) is 6.92 Å². The quantitative estimate of drug-likeness (QED) is 0.553. The Labute approximate surface area is 126 Å². The summed E-state index contributed by atoms with van der Waals surface area (Å²) in [5.74, 6) is -0.253. The van der Waals surface area contributed by atoms with E-state index in [-0.39, 0.29) is 19.0 Å².